The van der Waals surface area contributed by atoms with Crippen molar-refractivity contribution in [2.24, 2.45) is 0 Å². The van der Waals surface area contributed by atoms with Gasteiger partial charge in [0.1, 0.15) is 0 Å². The molecule has 530 valence electrons. The molecule has 3 N–H and O–H groups in total. The van der Waals surface area contributed by atoms with Crippen molar-refractivity contribution in [1.82, 2.24) is 5.32 Å². The van der Waals surface area contributed by atoms with Gasteiger partial charge in [-0.3, -0.25) is 9.59 Å². The van der Waals surface area contributed by atoms with Crippen LogP contribution in [0, 0.1) is 0 Å². The van der Waals surface area contributed by atoms with E-state index in [1.165, 1.54) is 411 Å². The molecule has 6 heteroatoms. The lowest BCUT2D eigenvalue weighted by molar-refractivity contribution is -0.143. The van der Waals surface area contributed by atoms with Gasteiger partial charge in [-0.1, -0.05) is 431 Å². The summed E-state index contributed by atoms with van der Waals surface area (Å²) in [6, 6.07) is -0.539. The predicted molar refractivity (Wildman–Crippen MR) is 394 cm³/mol. The number of hydrogen-bond acceptors (Lipinski definition) is 5. The van der Waals surface area contributed by atoms with E-state index in [2.05, 4.69) is 31.3 Å². The molecule has 6 nitrogen and oxygen atoms in total. The van der Waals surface area contributed by atoms with Crippen molar-refractivity contribution in [3.8, 4) is 0 Å². The van der Waals surface area contributed by atoms with Gasteiger partial charge in [0.2, 0.25) is 5.91 Å². The van der Waals surface area contributed by atoms with Crippen molar-refractivity contribution in [3.05, 3.63) is 12.2 Å². The summed E-state index contributed by atoms with van der Waals surface area (Å²) in [7, 11) is 0. The smallest absolute Gasteiger partial charge is 0.305 e. The van der Waals surface area contributed by atoms with Crippen molar-refractivity contribution in [1.29, 1.82) is 0 Å². The zero-order valence-electron chi connectivity index (χ0n) is 61.0. The number of nitrogens with one attached hydrogen (secondary N) is 1. The molecule has 0 aliphatic carbocycles. The molecule has 0 rings (SSSR count). The highest BCUT2D eigenvalue weighted by Gasteiger charge is 2.20. The van der Waals surface area contributed by atoms with Gasteiger partial charge in [0.25, 0.3) is 0 Å². The summed E-state index contributed by atoms with van der Waals surface area (Å²) in [6.45, 7) is 5.02. The molecule has 0 heterocycles. The standard InChI is InChI=1S/C83H163NO5/c1-3-5-7-9-11-13-15-17-19-20-21-22-36-39-42-45-48-51-55-59-63-67-71-75-81(86)80(79-85)84-82(87)76-72-68-64-60-56-52-49-46-43-40-37-34-32-30-28-26-24-23-25-27-29-31-33-35-38-41-44-47-50-54-58-62-66-70-74-78-89-83(88)77-73-69-65-61-57-53-18-16-14-12-10-8-6-4-2/h25,27,80-81,85-86H,3-24,26,28-79H2,1-2H3,(H,84,87)/b27-25-. The molecule has 2 atom stereocenters. The normalized spacial score (nSPS) is 12.4. The topological polar surface area (TPSA) is 95.9 Å². The molecule has 2 unspecified atom stereocenters. The van der Waals surface area contributed by atoms with Crippen LogP contribution >= 0.6 is 0 Å². The molecule has 89 heavy (non-hydrogen) atoms. The molecule has 0 aliphatic heterocycles. The van der Waals surface area contributed by atoms with Crippen LogP contribution in [0.15, 0.2) is 12.2 Å². The van der Waals surface area contributed by atoms with E-state index in [1.807, 2.05) is 0 Å². The van der Waals surface area contributed by atoms with Crippen LogP contribution in [0.25, 0.3) is 0 Å². The van der Waals surface area contributed by atoms with E-state index in [4.69, 9.17) is 4.74 Å². The van der Waals surface area contributed by atoms with E-state index in [0.717, 1.165) is 38.5 Å². The average molecular weight is 1260 g/mol. The maximum atomic E-state index is 12.6. The highest BCUT2D eigenvalue weighted by atomic mass is 16.5. The third kappa shape index (κ3) is 75.5. The Morgan fingerprint density at radius 2 is 0.528 bits per heavy atom. The summed E-state index contributed by atoms with van der Waals surface area (Å²) in [6.07, 6.45) is 100. The lowest BCUT2D eigenvalue weighted by Gasteiger charge is -2.22. The van der Waals surface area contributed by atoms with Crippen molar-refractivity contribution >= 4 is 11.9 Å². The van der Waals surface area contributed by atoms with Gasteiger partial charge in [0.15, 0.2) is 0 Å². The monoisotopic (exact) mass is 1250 g/mol. The van der Waals surface area contributed by atoms with Crippen molar-refractivity contribution in [3.63, 3.8) is 0 Å². The van der Waals surface area contributed by atoms with Gasteiger partial charge in [-0.2, -0.15) is 0 Å². The van der Waals surface area contributed by atoms with E-state index in [1.54, 1.807) is 0 Å². The molecule has 1 amide bonds. The number of ether oxygens (including phenoxy) is 1. The molecule has 0 bridgehead atoms. The van der Waals surface area contributed by atoms with Gasteiger partial charge in [0.05, 0.1) is 25.4 Å². The Hall–Kier alpha value is -1.40. The number of esters is 1. The highest BCUT2D eigenvalue weighted by molar-refractivity contribution is 5.76. The number of unbranched alkanes of at least 4 members (excludes halogenated alkanes) is 66. The van der Waals surface area contributed by atoms with Gasteiger partial charge >= 0.3 is 5.97 Å². The number of carbonyl (C=O) groups is 2. The van der Waals surface area contributed by atoms with E-state index >= 15 is 0 Å². The summed E-state index contributed by atoms with van der Waals surface area (Å²) < 4.78 is 5.50. The first-order chi connectivity index (χ1) is 44.0. The fourth-order valence-electron chi connectivity index (χ4n) is 13.5. The lowest BCUT2D eigenvalue weighted by Crippen LogP contribution is -2.45. The Morgan fingerprint density at radius 3 is 0.798 bits per heavy atom. The van der Waals surface area contributed by atoms with Gasteiger partial charge < -0.3 is 20.3 Å². The molecule has 0 fully saturated rings. The van der Waals surface area contributed by atoms with Crippen LogP contribution in [0.4, 0.5) is 0 Å². The second kappa shape index (κ2) is 79.0. The Kier molecular flexibility index (Phi) is 77.8. The molecule has 0 saturated carbocycles. The minimum absolute atomic E-state index is 0.0238. The second-order valence-electron chi connectivity index (χ2n) is 28.8. The minimum atomic E-state index is -0.663. The molecule has 0 radical (unpaired) electrons. The van der Waals surface area contributed by atoms with Gasteiger partial charge in [-0.15, -0.1) is 0 Å². The fourth-order valence-corrected chi connectivity index (χ4v) is 13.5. The summed E-state index contributed by atoms with van der Waals surface area (Å²) >= 11 is 0. The number of carbonyl (C=O) groups excluding carboxylic acids is 2. The Balaban J connectivity index is 3.33. The van der Waals surface area contributed by atoms with E-state index in [0.29, 0.717) is 25.9 Å². The van der Waals surface area contributed by atoms with E-state index in [9.17, 15) is 19.8 Å². The molecular weight excluding hydrogens is 1090 g/mol. The Morgan fingerprint density at radius 1 is 0.303 bits per heavy atom. The van der Waals surface area contributed by atoms with Crippen LogP contribution in [0.5, 0.6) is 0 Å². The zero-order valence-corrected chi connectivity index (χ0v) is 61.0. The summed E-state index contributed by atoms with van der Waals surface area (Å²) in [5, 5.41) is 23.5. The van der Waals surface area contributed by atoms with Crippen LogP contribution in [0.2, 0.25) is 0 Å². The van der Waals surface area contributed by atoms with Gasteiger partial charge in [-0.25, -0.2) is 0 Å². The number of hydrogen-bond donors (Lipinski definition) is 3. The van der Waals surface area contributed by atoms with Gasteiger partial charge in [0, 0.05) is 12.8 Å². The third-order valence-corrected chi connectivity index (χ3v) is 19.8. The Labute approximate surface area is 559 Å². The molecule has 0 aromatic rings. The second-order valence-corrected chi connectivity index (χ2v) is 28.8. The van der Waals surface area contributed by atoms with Crippen molar-refractivity contribution in [2.75, 3.05) is 13.2 Å². The van der Waals surface area contributed by atoms with Crippen LogP contribution < -0.4 is 5.32 Å². The first-order valence-corrected chi connectivity index (χ1v) is 41.4. The molecule has 0 aromatic carbocycles. The number of aliphatic hydroxyl groups is 2. The SMILES string of the molecule is CCCCCCCCCCCCCCCCCCCCCCCCCC(O)C(CO)NC(=O)CCCCCCCCCCCCCCCCCCC/C=C\CCCCCCCCCCCCCCCCOC(=O)CCCCCCCCCCCCCCCC. The molecule has 0 spiro atoms. The Bertz CT molecular complexity index is 1350. The van der Waals surface area contributed by atoms with E-state index in [-0.39, 0.29) is 18.5 Å². The maximum absolute atomic E-state index is 12.6. The lowest BCUT2D eigenvalue weighted by atomic mass is 10.0. The summed E-state index contributed by atoms with van der Waals surface area (Å²) in [5.41, 5.74) is 0. The molecule has 0 saturated heterocycles. The first-order valence-electron chi connectivity index (χ1n) is 41.4. The van der Waals surface area contributed by atoms with Crippen LogP contribution in [0.1, 0.15) is 483 Å². The van der Waals surface area contributed by atoms with E-state index < -0.39 is 12.1 Å². The molecule has 0 aromatic heterocycles. The quantitative estimate of drug-likeness (QED) is 0.0320. The number of aliphatic hydroxyl groups excluding tert-OH is 2. The molecule has 0 aliphatic rings. The highest BCUT2D eigenvalue weighted by Crippen LogP contribution is 2.21. The zero-order chi connectivity index (χ0) is 64.2. The predicted octanol–water partition coefficient (Wildman–Crippen LogP) is 27.4. The first kappa shape index (κ1) is 87.6. The van der Waals surface area contributed by atoms with Crippen LogP contribution in [0.3, 0.4) is 0 Å². The van der Waals surface area contributed by atoms with Crippen LogP contribution in [-0.2, 0) is 14.3 Å². The minimum Gasteiger partial charge on any atom is -0.466 e. The fraction of sp³-hybridized carbons (Fsp3) is 0.952. The van der Waals surface area contributed by atoms with Gasteiger partial charge in [-0.05, 0) is 51.4 Å². The summed E-state index contributed by atoms with van der Waals surface area (Å²) in [4.78, 5) is 24.7. The van der Waals surface area contributed by atoms with Crippen LogP contribution in [-0.4, -0.2) is 47.4 Å². The number of amides is 1. The number of rotatable bonds is 79. The summed E-state index contributed by atoms with van der Waals surface area (Å²) in [5.74, 6) is -0.00130. The largest absolute Gasteiger partial charge is 0.466 e. The average Bonchev–Trinajstić information content (AvgIpc) is 3.58. The van der Waals surface area contributed by atoms with Crippen molar-refractivity contribution < 1.29 is 24.5 Å². The number of allylic oxidation sites excluding steroid dienone is 2. The maximum Gasteiger partial charge on any atom is 0.305 e. The van der Waals surface area contributed by atoms with Crippen molar-refractivity contribution in [2.45, 2.75) is 495 Å². The molecular formula is C83H163NO5. The third-order valence-electron chi connectivity index (χ3n) is 19.8.